The summed E-state index contributed by atoms with van der Waals surface area (Å²) in [4.78, 5) is 2.56. The molecule has 1 saturated heterocycles. The van der Waals surface area contributed by atoms with Gasteiger partial charge in [0.15, 0.2) is 0 Å². The molecule has 17 heavy (non-hydrogen) atoms. The maximum Gasteiger partial charge on any atom is 0.0408 e. The Labute approximate surface area is 109 Å². The molecule has 3 heteroatoms. The van der Waals surface area contributed by atoms with Gasteiger partial charge in [-0.2, -0.15) is 0 Å². The van der Waals surface area contributed by atoms with E-state index in [2.05, 4.69) is 36.2 Å². The van der Waals surface area contributed by atoms with Crippen LogP contribution in [0.3, 0.4) is 0 Å². The fourth-order valence-corrected chi connectivity index (χ4v) is 2.59. The first-order chi connectivity index (χ1) is 8.15. The Morgan fingerprint density at radius 3 is 3.00 bits per heavy atom. The van der Waals surface area contributed by atoms with Crippen LogP contribution in [-0.2, 0) is 6.42 Å². The number of nitrogens with zero attached hydrogens (tertiary/aromatic N) is 1. The van der Waals surface area contributed by atoms with Gasteiger partial charge >= 0.3 is 0 Å². The van der Waals surface area contributed by atoms with Gasteiger partial charge in [0.2, 0.25) is 0 Å². The van der Waals surface area contributed by atoms with Gasteiger partial charge in [0, 0.05) is 36.7 Å². The minimum Gasteiger partial charge on any atom is -0.311 e. The van der Waals surface area contributed by atoms with Crippen molar-refractivity contribution in [3.8, 4) is 0 Å². The lowest BCUT2D eigenvalue weighted by Gasteiger charge is -2.37. The molecule has 1 N–H and O–H groups in total. The zero-order chi connectivity index (χ0) is 12.3. The number of benzene rings is 1. The molecule has 2 nitrogen and oxygen atoms in total. The van der Waals surface area contributed by atoms with E-state index in [-0.39, 0.29) is 0 Å². The molecule has 1 heterocycles. The summed E-state index contributed by atoms with van der Waals surface area (Å²) in [5.74, 6) is 0. The molecular formula is C14H21ClN2. The summed E-state index contributed by atoms with van der Waals surface area (Å²) in [6.07, 6.45) is 1.08. The number of hydrogen-bond donors (Lipinski definition) is 1. The SMILES string of the molecule is CC1CN(CCc2cccc(Cl)c2)C(C)CN1. The third-order valence-corrected chi connectivity index (χ3v) is 3.71. The van der Waals surface area contributed by atoms with Crippen LogP contribution >= 0.6 is 11.6 Å². The Balaban J connectivity index is 1.88. The van der Waals surface area contributed by atoms with Gasteiger partial charge in [-0.15, -0.1) is 0 Å². The quantitative estimate of drug-likeness (QED) is 0.890. The van der Waals surface area contributed by atoms with Crippen molar-refractivity contribution < 1.29 is 0 Å². The number of rotatable bonds is 3. The molecule has 0 bridgehead atoms. The highest BCUT2D eigenvalue weighted by atomic mass is 35.5. The molecule has 1 aromatic rings. The first-order valence-corrected chi connectivity index (χ1v) is 6.75. The van der Waals surface area contributed by atoms with Gasteiger partial charge in [-0.3, -0.25) is 4.90 Å². The van der Waals surface area contributed by atoms with Crippen molar-refractivity contribution >= 4 is 11.6 Å². The smallest absolute Gasteiger partial charge is 0.0408 e. The standard InChI is InChI=1S/C14H21ClN2/c1-11-10-17(12(2)9-16-11)7-6-13-4-3-5-14(15)8-13/h3-5,8,11-12,16H,6-7,9-10H2,1-2H3. The molecule has 1 aliphatic rings. The minimum atomic E-state index is 0.602. The molecule has 1 aliphatic heterocycles. The maximum atomic E-state index is 5.99. The summed E-state index contributed by atoms with van der Waals surface area (Å²) >= 11 is 5.99. The predicted octanol–water partition coefficient (Wildman–Crippen LogP) is 2.56. The summed E-state index contributed by atoms with van der Waals surface area (Å²) in [5, 5.41) is 4.34. The molecule has 2 unspecified atom stereocenters. The van der Waals surface area contributed by atoms with Crippen molar-refractivity contribution in [1.82, 2.24) is 10.2 Å². The highest BCUT2D eigenvalue weighted by molar-refractivity contribution is 6.30. The zero-order valence-corrected chi connectivity index (χ0v) is 11.4. The van der Waals surface area contributed by atoms with E-state index in [9.17, 15) is 0 Å². The first-order valence-electron chi connectivity index (χ1n) is 6.37. The summed E-state index contributed by atoms with van der Waals surface area (Å²) in [7, 11) is 0. The zero-order valence-electron chi connectivity index (χ0n) is 10.6. The largest absolute Gasteiger partial charge is 0.311 e. The van der Waals surface area contributed by atoms with Crippen molar-refractivity contribution in [2.24, 2.45) is 0 Å². The van der Waals surface area contributed by atoms with Crippen LogP contribution in [0.1, 0.15) is 19.4 Å². The van der Waals surface area contributed by atoms with E-state index < -0.39 is 0 Å². The van der Waals surface area contributed by atoms with Gasteiger partial charge < -0.3 is 5.32 Å². The van der Waals surface area contributed by atoms with Crippen molar-refractivity contribution in [3.05, 3.63) is 34.9 Å². The predicted molar refractivity (Wildman–Crippen MR) is 73.7 cm³/mol. The second-order valence-electron chi connectivity index (χ2n) is 5.03. The lowest BCUT2D eigenvalue weighted by atomic mass is 10.1. The van der Waals surface area contributed by atoms with Gasteiger partial charge in [0.25, 0.3) is 0 Å². The van der Waals surface area contributed by atoms with E-state index in [0.29, 0.717) is 12.1 Å². The molecule has 0 amide bonds. The van der Waals surface area contributed by atoms with Crippen LogP contribution in [0.2, 0.25) is 5.02 Å². The van der Waals surface area contributed by atoms with Crippen molar-refractivity contribution in [2.75, 3.05) is 19.6 Å². The van der Waals surface area contributed by atoms with Crippen LogP contribution in [0.4, 0.5) is 0 Å². The molecule has 1 fully saturated rings. The lowest BCUT2D eigenvalue weighted by molar-refractivity contribution is 0.148. The summed E-state index contributed by atoms with van der Waals surface area (Å²) in [6.45, 7) is 7.89. The van der Waals surface area contributed by atoms with E-state index in [1.807, 2.05) is 12.1 Å². The fourth-order valence-electron chi connectivity index (χ4n) is 2.37. The monoisotopic (exact) mass is 252 g/mol. The number of hydrogen-bond acceptors (Lipinski definition) is 2. The topological polar surface area (TPSA) is 15.3 Å². The molecule has 1 aromatic carbocycles. The highest BCUT2D eigenvalue weighted by Crippen LogP contribution is 2.13. The number of halogens is 1. The van der Waals surface area contributed by atoms with Crippen LogP contribution in [0.15, 0.2) is 24.3 Å². The van der Waals surface area contributed by atoms with E-state index in [4.69, 9.17) is 11.6 Å². The molecule has 0 aliphatic carbocycles. The van der Waals surface area contributed by atoms with Crippen LogP contribution < -0.4 is 5.32 Å². The van der Waals surface area contributed by atoms with E-state index >= 15 is 0 Å². The molecular weight excluding hydrogens is 232 g/mol. The van der Waals surface area contributed by atoms with Crippen molar-refractivity contribution in [2.45, 2.75) is 32.4 Å². The Kier molecular flexibility index (Phi) is 4.43. The number of nitrogens with one attached hydrogen (secondary N) is 1. The molecule has 94 valence electrons. The normalized spacial score (nSPS) is 26.1. The lowest BCUT2D eigenvalue weighted by Crippen LogP contribution is -2.54. The van der Waals surface area contributed by atoms with Crippen LogP contribution in [-0.4, -0.2) is 36.6 Å². The highest BCUT2D eigenvalue weighted by Gasteiger charge is 2.21. The summed E-state index contributed by atoms with van der Waals surface area (Å²) in [6, 6.07) is 9.41. The Morgan fingerprint density at radius 2 is 2.24 bits per heavy atom. The molecule has 0 aromatic heterocycles. The van der Waals surface area contributed by atoms with Gasteiger partial charge in [-0.05, 0) is 38.0 Å². The van der Waals surface area contributed by atoms with Crippen molar-refractivity contribution in [1.29, 1.82) is 0 Å². The van der Waals surface area contributed by atoms with Gasteiger partial charge in [-0.1, -0.05) is 23.7 Å². The second-order valence-corrected chi connectivity index (χ2v) is 5.47. The molecule has 0 radical (unpaired) electrons. The fraction of sp³-hybridized carbons (Fsp3) is 0.571. The third-order valence-electron chi connectivity index (χ3n) is 3.47. The van der Waals surface area contributed by atoms with Crippen LogP contribution in [0.5, 0.6) is 0 Å². The van der Waals surface area contributed by atoms with Gasteiger partial charge in [0.05, 0.1) is 0 Å². The Morgan fingerprint density at radius 1 is 1.41 bits per heavy atom. The minimum absolute atomic E-state index is 0.602. The summed E-state index contributed by atoms with van der Waals surface area (Å²) < 4.78 is 0. The average molecular weight is 253 g/mol. The first kappa shape index (κ1) is 12.9. The molecule has 2 rings (SSSR count). The summed E-state index contributed by atoms with van der Waals surface area (Å²) in [5.41, 5.74) is 1.33. The molecule has 0 saturated carbocycles. The van der Waals surface area contributed by atoms with E-state index in [1.165, 1.54) is 5.56 Å². The Bertz CT molecular complexity index is 367. The van der Waals surface area contributed by atoms with Crippen LogP contribution in [0, 0.1) is 0 Å². The number of piperazine rings is 1. The average Bonchev–Trinajstić information content (AvgIpc) is 2.30. The van der Waals surface area contributed by atoms with Crippen LogP contribution in [0.25, 0.3) is 0 Å². The Hall–Kier alpha value is -0.570. The van der Waals surface area contributed by atoms with E-state index in [0.717, 1.165) is 31.1 Å². The third kappa shape index (κ3) is 3.70. The van der Waals surface area contributed by atoms with Crippen molar-refractivity contribution in [3.63, 3.8) is 0 Å². The maximum absolute atomic E-state index is 5.99. The molecule has 2 atom stereocenters. The van der Waals surface area contributed by atoms with Gasteiger partial charge in [0.1, 0.15) is 0 Å². The second kappa shape index (κ2) is 5.85. The molecule has 0 spiro atoms. The van der Waals surface area contributed by atoms with E-state index in [1.54, 1.807) is 0 Å². The van der Waals surface area contributed by atoms with Gasteiger partial charge in [-0.25, -0.2) is 0 Å².